The van der Waals surface area contributed by atoms with E-state index in [2.05, 4.69) is 4.99 Å². The lowest BCUT2D eigenvalue weighted by Gasteiger charge is -2.09. The normalized spacial score (nSPS) is 13.8. The molecule has 0 aliphatic rings. The molecule has 1 aromatic rings. The topological polar surface area (TPSA) is 79.1 Å². The first-order chi connectivity index (χ1) is 10.5. The fraction of sp³-hybridized carbons (Fsp3) is 0.412. The summed E-state index contributed by atoms with van der Waals surface area (Å²) in [5, 5.41) is 19.7. The highest BCUT2D eigenvalue weighted by molar-refractivity contribution is 6.10. The third-order valence-corrected chi connectivity index (χ3v) is 3.01. The van der Waals surface area contributed by atoms with Crippen molar-refractivity contribution in [3.63, 3.8) is 0 Å². The molecular weight excluding hydrogens is 282 g/mol. The molecule has 5 heteroatoms. The van der Waals surface area contributed by atoms with E-state index >= 15 is 0 Å². The molecule has 0 amide bonds. The van der Waals surface area contributed by atoms with E-state index in [9.17, 15) is 15.0 Å². The Morgan fingerprint density at radius 3 is 2.64 bits per heavy atom. The summed E-state index contributed by atoms with van der Waals surface area (Å²) in [6.07, 6.45) is 1.70. The van der Waals surface area contributed by atoms with Crippen LogP contribution in [0.2, 0.25) is 0 Å². The number of hydrogen-bond donors (Lipinski definition) is 2. The van der Waals surface area contributed by atoms with Crippen molar-refractivity contribution >= 4 is 17.9 Å². The monoisotopic (exact) mass is 305 g/mol. The molecule has 0 fully saturated rings. The zero-order valence-corrected chi connectivity index (χ0v) is 13.2. The van der Waals surface area contributed by atoms with Gasteiger partial charge in [-0.1, -0.05) is 25.1 Å². The second-order valence-corrected chi connectivity index (χ2v) is 4.82. The minimum atomic E-state index is -0.674. The quantitative estimate of drug-likeness (QED) is 0.349. The maximum Gasteiger partial charge on any atom is 0.343 e. The predicted octanol–water partition coefficient (Wildman–Crippen LogP) is 3.62. The molecular formula is C17H23NO4. The Balaban J connectivity index is 3.14. The fourth-order valence-corrected chi connectivity index (χ4v) is 1.92. The lowest BCUT2D eigenvalue weighted by Crippen LogP contribution is -2.11. The SMILES string of the molecule is CCC/C(O)=C(/C=Nc1ccccc1C(C)O)C(=O)OCC. The molecule has 0 heterocycles. The van der Waals surface area contributed by atoms with Crippen LogP contribution in [0.5, 0.6) is 0 Å². The number of benzene rings is 1. The number of carbonyl (C=O) groups is 1. The summed E-state index contributed by atoms with van der Waals surface area (Å²) in [7, 11) is 0. The van der Waals surface area contributed by atoms with Gasteiger partial charge in [-0.2, -0.15) is 0 Å². The fourth-order valence-electron chi connectivity index (χ4n) is 1.92. The lowest BCUT2D eigenvalue weighted by atomic mass is 10.1. The molecule has 0 aliphatic heterocycles. The molecule has 0 saturated heterocycles. The van der Waals surface area contributed by atoms with Crippen molar-refractivity contribution in [1.29, 1.82) is 0 Å². The van der Waals surface area contributed by atoms with E-state index in [0.717, 1.165) is 0 Å². The summed E-state index contributed by atoms with van der Waals surface area (Å²) in [4.78, 5) is 16.1. The number of allylic oxidation sites excluding steroid dienone is 1. The van der Waals surface area contributed by atoms with Crippen LogP contribution in [0, 0.1) is 0 Å². The van der Waals surface area contributed by atoms with E-state index in [0.29, 0.717) is 24.1 Å². The molecule has 0 radical (unpaired) electrons. The zero-order chi connectivity index (χ0) is 16.5. The molecule has 0 saturated carbocycles. The van der Waals surface area contributed by atoms with Gasteiger partial charge >= 0.3 is 5.97 Å². The second-order valence-electron chi connectivity index (χ2n) is 4.82. The summed E-state index contributed by atoms with van der Waals surface area (Å²) in [5.41, 5.74) is 1.24. The molecule has 0 aromatic heterocycles. The molecule has 1 rings (SSSR count). The van der Waals surface area contributed by atoms with Crippen molar-refractivity contribution in [3.8, 4) is 0 Å². The zero-order valence-electron chi connectivity index (χ0n) is 13.2. The Hall–Kier alpha value is -2.14. The summed E-state index contributed by atoms with van der Waals surface area (Å²) in [6, 6.07) is 7.09. The second kappa shape index (κ2) is 9.00. The van der Waals surface area contributed by atoms with Crippen LogP contribution in [0.15, 0.2) is 40.6 Å². The molecule has 0 bridgehead atoms. The largest absolute Gasteiger partial charge is 0.511 e. The van der Waals surface area contributed by atoms with Crippen molar-refractivity contribution < 1.29 is 19.7 Å². The van der Waals surface area contributed by atoms with Gasteiger partial charge in [0.1, 0.15) is 11.3 Å². The van der Waals surface area contributed by atoms with Gasteiger partial charge in [-0.15, -0.1) is 0 Å². The summed E-state index contributed by atoms with van der Waals surface area (Å²) in [6.45, 7) is 5.47. The van der Waals surface area contributed by atoms with Gasteiger partial charge in [0.05, 0.1) is 18.4 Å². The number of para-hydroxylation sites is 1. The Bertz CT molecular complexity index is 562. The van der Waals surface area contributed by atoms with Crippen LogP contribution in [0.4, 0.5) is 5.69 Å². The number of carbonyl (C=O) groups excluding carboxylic acids is 1. The van der Waals surface area contributed by atoms with Gasteiger partial charge in [0.2, 0.25) is 0 Å². The number of aliphatic hydroxyl groups excluding tert-OH is 2. The van der Waals surface area contributed by atoms with Gasteiger partial charge < -0.3 is 14.9 Å². The lowest BCUT2D eigenvalue weighted by molar-refractivity contribution is -0.138. The van der Waals surface area contributed by atoms with Gasteiger partial charge in [0, 0.05) is 18.2 Å². The van der Waals surface area contributed by atoms with Crippen molar-refractivity contribution in [2.24, 2.45) is 4.99 Å². The average molecular weight is 305 g/mol. The first kappa shape index (κ1) is 17.9. The molecule has 120 valence electrons. The Morgan fingerprint density at radius 1 is 1.36 bits per heavy atom. The standard InChI is InChI=1S/C17H23NO4/c1-4-8-16(20)14(17(21)22-5-2)11-18-15-10-7-6-9-13(15)12(3)19/h6-7,9-12,19-20H,4-5,8H2,1-3H3/b16-14+,18-11?. The van der Waals surface area contributed by atoms with E-state index in [1.165, 1.54) is 6.21 Å². The minimum Gasteiger partial charge on any atom is -0.511 e. The number of aliphatic imine (C=N–C) groups is 1. The van der Waals surface area contributed by atoms with E-state index in [4.69, 9.17) is 4.74 Å². The van der Waals surface area contributed by atoms with E-state index in [-0.39, 0.29) is 17.9 Å². The van der Waals surface area contributed by atoms with Crippen LogP contribution in [0.25, 0.3) is 0 Å². The third kappa shape index (κ3) is 5.00. The summed E-state index contributed by atoms with van der Waals surface area (Å²) >= 11 is 0. The van der Waals surface area contributed by atoms with Crippen LogP contribution in [-0.2, 0) is 9.53 Å². The highest BCUT2D eigenvalue weighted by Gasteiger charge is 2.14. The van der Waals surface area contributed by atoms with Crippen LogP contribution in [0.3, 0.4) is 0 Å². The Labute approximate surface area is 131 Å². The smallest absolute Gasteiger partial charge is 0.343 e. The molecule has 1 aromatic carbocycles. The van der Waals surface area contributed by atoms with E-state index < -0.39 is 12.1 Å². The van der Waals surface area contributed by atoms with Crippen molar-refractivity contribution in [2.45, 2.75) is 39.7 Å². The number of esters is 1. The Kier molecular flexibility index (Phi) is 7.32. The maximum atomic E-state index is 11.9. The number of hydrogen-bond acceptors (Lipinski definition) is 5. The number of nitrogens with zero attached hydrogens (tertiary/aromatic N) is 1. The molecule has 0 aliphatic carbocycles. The van der Waals surface area contributed by atoms with Crippen molar-refractivity contribution in [1.82, 2.24) is 0 Å². The molecule has 2 N–H and O–H groups in total. The molecule has 22 heavy (non-hydrogen) atoms. The maximum absolute atomic E-state index is 11.9. The summed E-state index contributed by atoms with van der Waals surface area (Å²) < 4.78 is 4.94. The number of rotatable bonds is 7. The number of aliphatic hydroxyl groups is 2. The highest BCUT2D eigenvalue weighted by Crippen LogP contribution is 2.25. The van der Waals surface area contributed by atoms with E-state index in [1.807, 2.05) is 6.92 Å². The first-order valence-electron chi connectivity index (χ1n) is 7.41. The minimum absolute atomic E-state index is 0.0424. The molecule has 1 atom stereocenters. The summed E-state index contributed by atoms with van der Waals surface area (Å²) in [5.74, 6) is -0.647. The van der Waals surface area contributed by atoms with Crippen molar-refractivity contribution in [2.75, 3.05) is 6.61 Å². The third-order valence-electron chi connectivity index (χ3n) is 3.01. The van der Waals surface area contributed by atoms with Crippen LogP contribution in [0.1, 0.15) is 45.3 Å². The Morgan fingerprint density at radius 2 is 2.05 bits per heavy atom. The van der Waals surface area contributed by atoms with Crippen LogP contribution < -0.4 is 0 Å². The predicted molar refractivity (Wildman–Crippen MR) is 86.4 cm³/mol. The van der Waals surface area contributed by atoms with Gasteiger partial charge in [0.15, 0.2) is 0 Å². The van der Waals surface area contributed by atoms with Gasteiger partial charge in [-0.25, -0.2) is 4.79 Å². The average Bonchev–Trinajstić information content (AvgIpc) is 2.48. The van der Waals surface area contributed by atoms with Crippen LogP contribution in [-0.4, -0.2) is 29.0 Å². The first-order valence-corrected chi connectivity index (χ1v) is 7.41. The van der Waals surface area contributed by atoms with Gasteiger partial charge in [-0.05, 0) is 26.3 Å². The van der Waals surface area contributed by atoms with Crippen molar-refractivity contribution in [3.05, 3.63) is 41.2 Å². The highest BCUT2D eigenvalue weighted by atomic mass is 16.5. The molecule has 1 unspecified atom stereocenters. The molecule has 5 nitrogen and oxygen atoms in total. The van der Waals surface area contributed by atoms with Crippen LogP contribution >= 0.6 is 0 Å². The molecule has 0 spiro atoms. The van der Waals surface area contributed by atoms with Gasteiger partial charge in [-0.3, -0.25) is 4.99 Å². The van der Waals surface area contributed by atoms with Gasteiger partial charge in [0.25, 0.3) is 0 Å². The van der Waals surface area contributed by atoms with E-state index in [1.54, 1.807) is 38.1 Å². The number of ether oxygens (including phenoxy) is 1.